The topological polar surface area (TPSA) is 84.5 Å². The van der Waals surface area contributed by atoms with Crippen molar-refractivity contribution in [3.63, 3.8) is 0 Å². The maximum absolute atomic E-state index is 12.0. The summed E-state index contributed by atoms with van der Waals surface area (Å²) in [5.41, 5.74) is 0.172. The molecule has 1 aliphatic carbocycles. The molecular formula is C17H21ClN2O4. The summed E-state index contributed by atoms with van der Waals surface area (Å²) in [7, 11) is 0. The van der Waals surface area contributed by atoms with Crippen molar-refractivity contribution in [2.75, 3.05) is 0 Å². The molecule has 1 aromatic carbocycles. The van der Waals surface area contributed by atoms with Crippen LogP contribution in [-0.2, 0) is 9.53 Å². The zero-order valence-corrected chi connectivity index (χ0v) is 14.3. The second-order valence-electron chi connectivity index (χ2n) is 5.83. The molecule has 0 unspecified atom stereocenters. The first-order valence-electron chi connectivity index (χ1n) is 8.04. The Kier molecular flexibility index (Phi) is 6.61. The Morgan fingerprint density at radius 2 is 1.83 bits per heavy atom. The number of rotatable bonds is 4. The number of benzene rings is 1. The summed E-state index contributed by atoms with van der Waals surface area (Å²) in [6.07, 6.45) is 4.05. The Balaban J connectivity index is 1.82. The fraction of sp³-hybridized carbons (Fsp3) is 0.471. The third-order valence-electron chi connectivity index (χ3n) is 3.92. The molecule has 6 nitrogen and oxygen atoms in total. The first-order chi connectivity index (χ1) is 11.5. The van der Waals surface area contributed by atoms with E-state index in [9.17, 15) is 14.4 Å². The van der Waals surface area contributed by atoms with E-state index in [-0.39, 0.29) is 16.6 Å². The monoisotopic (exact) mass is 352 g/mol. The van der Waals surface area contributed by atoms with Crippen LogP contribution in [0.2, 0.25) is 5.02 Å². The molecule has 0 radical (unpaired) electrons. The van der Waals surface area contributed by atoms with Gasteiger partial charge in [-0.1, -0.05) is 43.0 Å². The number of amides is 3. The van der Waals surface area contributed by atoms with Crippen LogP contribution >= 0.6 is 11.6 Å². The van der Waals surface area contributed by atoms with Gasteiger partial charge in [-0.15, -0.1) is 0 Å². The lowest BCUT2D eigenvalue weighted by Gasteiger charge is -2.23. The fourth-order valence-corrected chi connectivity index (χ4v) is 2.80. The molecule has 2 N–H and O–H groups in total. The number of ether oxygens (including phenoxy) is 1. The van der Waals surface area contributed by atoms with Crippen molar-refractivity contribution < 1.29 is 19.1 Å². The van der Waals surface area contributed by atoms with Crippen LogP contribution in [0.4, 0.5) is 4.79 Å². The Morgan fingerprint density at radius 3 is 2.50 bits per heavy atom. The second kappa shape index (κ2) is 8.68. The van der Waals surface area contributed by atoms with Gasteiger partial charge in [0.25, 0.3) is 5.91 Å². The normalized spacial score (nSPS) is 16.1. The SMILES string of the molecule is C[C@H](OC(=O)c1ccccc1Cl)C(=O)NC(=O)NC1CCCCC1. The number of carbonyl (C=O) groups excluding carboxylic acids is 3. The van der Waals surface area contributed by atoms with E-state index in [0.29, 0.717) is 0 Å². The summed E-state index contributed by atoms with van der Waals surface area (Å²) in [5, 5.41) is 5.21. The molecule has 1 aromatic rings. The zero-order valence-electron chi connectivity index (χ0n) is 13.5. The van der Waals surface area contributed by atoms with Gasteiger partial charge in [0.05, 0.1) is 10.6 Å². The van der Waals surface area contributed by atoms with E-state index in [1.165, 1.54) is 19.4 Å². The van der Waals surface area contributed by atoms with Crippen LogP contribution in [0.1, 0.15) is 49.4 Å². The third-order valence-corrected chi connectivity index (χ3v) is 4.25. The van der Waals surface area contributed by atoms with Crippen molar-refractivity contribution in [3.8, 4) is 0 Å². The van der Waals surface area contributed by atoms with E-state index in [1.54, 1.807) is 18.2 Å². The molecule has 2 rings (SSSR count). The second-order valence-corrected chi connectivity index (χ2v) is 6.23. The summed E-state index contributed by atoms with van der Waals surface area (Å²) in [6, 6.07) is 5.92. The predicted octanol–water partition coefficient (Wildman–Crippen LogP) is 3.04. The Labute approximate surface area is 145 Å². The highest BCUT2D eigenvalue weighted by molar-refractivity contribution is 6.33. The van der Waals surface area contributed by atoms with Gasteiger partial charge in [-0.3, -0.25) is 10.1 Å². The van der Waals surface area contributed by atoms with Gasteiger partial charge >= 0.3 is 12.0 Å². The zero-order chi connectivity index (χ0) is 17.5. The number of hydrogen-bond donors (Lipinski definition) is 2. The van der Waals surface area contributed by atoms with Gasteiger partial charge in [0.1, 0.15) is 0 Å². The minimum Gasteiger partial charge on any atom is -0.449 e. The van der Waals surface area contributed by atoms with Crippen molar-refractivity contribution in [2.24, 2.45) is 0 Å². The number of hydrogen-bond acceptors (Lipinski definition) is 4. The Morgan fingerprint density at radius 1 is 1.17 bits per heavy atom. The van der Waals surface area contributed by atoms with Crippen molar-refractivity contribution in [1.82, 2.24) is 10.6 Å². The van der Waals surface area contributed by atoms with Crippen LogP contribution in [0.15, 0.2) is 24.3 Å². The van der Waals surface area contributed by atoms with Gasteiger partial charge in [-0.05, 0) is 31.9 Å². The highest BCUT2D eigenvalue weighted by Gasteiger charge is 2.23. The van der Waals surface area contributed by atoms with Gasteiger partial charge in [0.15, 0.2) is 6.10 Å². The molecule has 0 heterocycles. The average molecular weight is 353 g/mol. The van der Waals surface area contributed by atoms with Crippen molar-refractivity contribution >= 4 is 29.5 Å². The maximum Gasteiger partial charge on any atom is 0.340 e. The van der Waals surface area contributed by atoms with Crippen LogP contribution < -0.4 is 10.6 Å². The molecule has 1 aliphatic rings. The van der Waals surface area contributed by atoms with Crippen LogP contribution in [0.5, 0.6) is 0 Å². The molecule has 0 aliphatic heterocycles. The fourth-order valence-electron chi connectivity index (χ4n) is 2.59. The van der Waals surface area contributed by atoms with Crippen LogP contribution in [-0.4, -0.2) is 30.1 Å². The summed E-state index contributed by atoms with van der Waals surface area (Å²) >= 11 is 5.91. The van der Waals surface area contributed by atoms with Gasteiger partial charge in [-0.25, -0.2) is 9.59 Å². The summed E-state index contributed by atoms with van der Waals surface area (Å²) in [6.45, 7) is 1.40. The molecule has 1 saturated carbocycles. The number of carbonyl (C=O) groups is 3. The molecule has 0 spiro atoms. The number of esters is 1. The van der Waals surface area contributed by atoms with Crippen molar-refractivity contribution in [3.05, 3.63) is 34.9 Å². The highest BCUT2D eigenvalue weighted by atomic mass is 35.5. The average Bonchev–Trinajstić information content (AvgIpc) is 2.55. The quantitative estimate of drug-likeness (QED) is 0.816. The first-order valence-corrected chi connectivity index (χ1v) is 8.42. The standard InChI is InChI=1S/C17H21ClN2O4/c1-11(24-16(22)13-9-5-6-10-14(13)18)15(21)20-17(23)19-12-7-3-2-4-8-12/h5-6,9-12H,2-4,7-8H2,1H3,(H2,19,20,21,23)/t11-/m0/s1. The smallest absolute Gasteiger partial charge is 0.340 e. The van der Waals surface area contributed by atoms with Crippen molar-refractivity contribution in [2.45, 2.75) is 51.2 Å². The maximum atomic E-state index is 12.0. The van der Waals surface area contributed by atoms with Crippen LogP contribution in [0.3, 0.4) is 0 Å². The predicted molar refractivity (Wildman–Crippen MR) is 89.9 cm³/mol. The minimum absolute atomic E-state index is 0.0903. The number of imide groups is 1. The minimum atomic E-state index is -1.11. The molecule has 0 aromatic heterocycles. The highest BCUT2D eigenvalue weighted by Crippen LogP contribution is 2.18. The van der Waals surface area contributed by atoms with Gasteiger partial charge in [-0.2, -0.15) is 0 Å². The van der Waals surface area contributed by atoms with Gasteiger partial charge in [0.2, 0.25) is 0 Å². The molecular weight excluding hydrogens is 332 g/mol. The summed E-state index contributed by atoms with van der Waals surface area (Å²) < 4.78 is 5.05. The number of halogens is 1. The van der Waals surface area contributed by atoms with E-state index in [2.05, 4.69) is 10.6 Å². The summed E-state index contributed by atoms with van der Waals surface area (Å²) in [5.74, 6) is -1.39. The molecule has 130 valence electrons. The lowest BCUT2D eigenvalue weighted by Crippen LogP contribution is -2.48. The molecule has 7 heteroatoms. The van der Waals surface area contributed by atoms with Crippen LogP contribution in [0, 0.1) is 0 Å². The third kappa shape index (κ3) is 5.23. The molecule has 1 fully saturated rings. The molecule has 24 heavy (non-hydrogen) atoms. The van der Waals surface area contributed by atoms with E-state index in [0.717, 1.165) is 25.7 Å². The molecule has 0 bridgehead atoms. The van der Waals surface area contributed by atoms with Gasteiger partial charge in [0, 0.05) is 6.04 Å². The lowest BCUT2D eigenvalue weighted by atomic mass is 9.96. The number of nitrogens with one attached hydrogen (secondary N) is 2. The Hall–Kier alpha value is -2.08. The lowest BCUT2D eigenvalue weighted by molar-refractivity contribution is -0.127. The Bertz CT molecular complexity index is 614. The van der Waals surface area contributed by atoms with E-state index in [1.807, 2.05) is 0 Å². The van der Waals surface area contributed by atoms with Gasteiger partial charge < -0.3 is 10.1 Å². The largest absolute Gasteiger partial charge is 0.449 e. The van der Waals surface area contributed by atoms with E-state index in [4.69, 9.17) is 16.3 Å². The number of urea groups is 1. The first kappa shape index (κ1) is 18.3. The van der Waals surface area contributed by atoms with E-state index >= 15 is 0 Å². The van der Waals surface area contributed by atoms with Crippen molar-refractivity contribution in [1.29, 1.82) is 0 Å². The molecule has 0 saturated heterocycles. The molecule has 3 amide bonds. The van der Waals surface area contributed by atoms with E-state index < -0.39 is 24.0 Å². The molecule has 1 atom stereocenters. The summed E-state index contributed by atoms with van der Waals surface area (Å²) in [4.78, 5) is 35.8. The van der Waals surface area contributed by atoms with Crippen LogP contribution in [0.25, 0.3) is 0 Å².